The topological polar surface area (TPSA) is 63.1 Å². The number of carboxylic acids is 1. The molecule has 4 heteroatoms. The summed E-state index contributed by atoms with van der Waals surface area (Å²) in [5.74, 6) is -1.35. The molecule has 1 N–H and O–H groups in total. The van der Waals surface area contributed by atoms with E-state index in [1.54, 1.807) is 0 Å². The lowest BCUT2D eigenvalue weighted by molar-refractivity contribution is 0.0683. The highest BCUT2D eigenvalue weighted by molar-refractivity contribution is 5.99. The van der Waals surface area contributed by atoms with Crippen LogP contribution < -0.4 is 0 Å². The summed E-state index contributed by atoms with van der Waals surface area (Å²) >= 11 is 0. The van der Waals surface area contributed by atoms with Crippen molar-refractivity contribution in [2.75, 3.05) is 0 Å². The van der Waals surface area contributed by atoms with Crippen LogP contribution in [-0.4, -0.2) is 21.0 Å². The number of aromatic carboxylic acids is 1. The SMILES string of the molecule is O=C(O)c1nc(-c2cccc3ccccc23)cc(-c2cccc3ccccc23)n1. The van der Waals surface area contributed by atoms with E-state index in [1.165, 1.54) is 0 Å². The minimum atomic E-state index is -1.14. The number of aromatic nitrogens is 2. The van der Waals surface area contributed by atoms with Gasteiger partial charge in [-0.2, -0.15) is 0 Å². The van der Waals surface area contributed by atoms with Gasteiger partial charge in [0.05, 0.1) is 11.4 Å². The molecule has 4 aromatic carbocycles. The Morgan fingerprint density at radius 3 is 1.55 bits per heavy atom. The third kappa shape index (κ3) is 3.01. The Balaban J connectivity index is 1.80. The molecular weight excluding hydrogens is 360 g/mol. The second-order valence-corrected chi connectivity index (χ2v) is 6.82. The number of nitrogens with zero attached hydrogens (tertiary/aromatic N) is 2. The molecule has 0 atom stereocenters. The third-order valence-corrected chi connectivity index (χ3v) is 5.05. The van der Waals surface area contributed by atoms with Crippen LogP contribution in [-0.2, 0) is 0 Å². The summed E-state index contributed by atoms with van der Waals surface area (Å²) in [5, 5.41) is 13.8. The molecule has 0 bridgehead atoms. The molecule has 1 aromatic heterocycles. The smallest absolute Gasteiger partial charge is 0.373 e. The van der Waals surface area contributed by atoms with E-state index in [0.29, 0.717) is 11.4 Å². The van der Waals surface area contributed by atoms with E-state index in [4.69, 9.17) is 0 Å². The number of hydrogen-bond acceptors (Lipinski definition) is 3. The van der Waals surface area contributed by atoms with Crippen LogP contribution >= 0.6 is 0 Å². The predicted molar refractivity (Wildman–Crippen MR) is 115 cm³/mol. The number of rotatable bonds is 3. The number of carboxylic acid groups (broad SMARTS) is 1. The largest absolute Gasteiger partial charge is 0.475 e. The third-order valence-electron chi connectivity index (χ3n) is 5.05. The first kappa shape index (κ1) is 17.1. The average Bonchev–Trinajstić information content (AvgIpc) is 2.78. The molecule has 0 aliphatic rings. The van der Waals surface area contributed by atoms with Gasteiger partial charge in [-0.25, -0.2) is 14.8 Å². The Labute approximate surface area is 167 Å². The number of benzene rings is 4. The van der Waals surface area contributed by atoms with Crippen LogP contribution in [0.2, 0.25) is 0 Å². The molecule has 0 radical (unpaired) electrons. The molecule has 138 valence electrons. The number of carbonyl (C=O) groups is 1. The fourth-order valence-electron chi connectivity index (χ4n) is 3.72. The van der Waals surface area contributed by atoms with Gasteiger partial charge in [0.25, 0.3) is 0 Å². The Morgan fingerprint density at radius 1 is 0.621 bits per heavy atom. The maximum Gasteiger partial charge on any atom is 0.373 e. The van der Waals surface area contributed by atoms with Crippen LogP contribution in [0.1, 0.15) is 10.6 Å². The van der Waals surface area contributed by atoms with E-state index < -0.39 is 5.97 Å². The van der Waals surface area contributed by atoms with Crippen LogP contribution in [0.4, 0.5) is 0 Å². The van der Waals surface area contributed by atoms with Crippen LogP contribution in [0.25, 0.3) is 44.1 Å². The van der Waals surface area contributed by atoms with Crippen LogP contribution in [0.15, 0.2) is 91.0 Å². The average molecular weight is 376 g/mol. The Bertz CT molecular complexity index is 1280. The van der Waals surface area contributed by atoms with Crippen molar-refractivity contribution in [1.29, 1.82) is 0 Å². The van der Waals surface area contributed by atoms with Crippen molar-refractivity contribution >= 4 is 27.5 Å². The second-order valence-electron chi connectivity index (χ2n) is 6.82. The van der Waals surface area contributed by atoms with Gasteiger partial charge in [0.1, 0.15) is 0 Å². The zero-order chi connectivity index (χ0) is 19.8. The van der Waals surface area contributed by atoms with Gasteiger partial charge in [0.2, 0.25) is 5.82 Å². The highest BCUT2D eigenvalue weighted by Gasteiger charge is 2.16. The van der Waals surface area contributed by atoms with E-state index in [1.807, 2.05) is 91.0 Å². The lowest BCUT2D eigenvalue weighted by Gasteiger charge is -2.11. The molecule has 0 amide bonds. The summed E-state index contributed by atoms with van der Waals surface area (Å²) in [5.41, 5.74) is 2.96. The van der Waals surface area contributed by atoms with Gasteiger partial charge in [-0.3, -0.25) is 0 Å². The molecule has 4 nitrogen and oxygen atoms in total. The molecule has 0 aliphatic carbocycles. The van der Waals surface area contributed by atoms with Crippen molar-refractivity contribution in [3.8, 4) is 22.5 Å². The summed E-state index contributed by atoms with van der Waals surface area (Å²) < 4.78 is 0. The second kappa shape index (κ2) is 6.84. The molecule has 5 aromatic rings. The van der Waals surface area contributed by atoms with Gasteiger partial charge in [-0.15, -0.1) is 0 Å². The summed E-state index contributed by atoms with van der Waals surface area (Å²) in [6.07, 6.45) is 0. The standard InChI is InChI=1S/C25H16N2O2/c28-25(29)24-26-22(20-13-5-9-16-7-1-3-11-18(16)20)15-23(27-24)21-14-6-10-17-8-2-4-12-19(17)21/h1-15H,(H,28,29). The lowest BCUT2D eigenvalue weighted by Crippen LogP contribution is -2.06. The van der Waals surface area contributed by atoms with Gasteiger partial charge in [-0.1, -0.05) is 84.9 Å². The van der Waals surface area contributed by atoms with E-state index in [-0.39, 0.29) is 5.82 Å². The molecule has 0 saturated heterocycles. The van der Waals surface area contributed by atoms with Gasteiger partial charge in [-0.05, 0) is 27.6 Å². The summed E-state index contributed by atoms with van der Waals surface area (Å²) in [4.78, 5) is 20.5. The van der Waals surface area contributed by atoms with Crippen molar-refractivity contribution < 1.29 is 9.90 Å². The van der Waals surface area contributed by atoms with Crippen LogP contribution in [0.5, 0.6) is 0 Å². The van der Waals surface area contributed by atoms with Crippen LogP contribution in [0, 0.1) is 0 Å². The number of hydrogen-bond donors (Lipinski definition) is 1. The molecule has 5 rings (SSSR count). The van der Waals surface area contributed by atoms with Gasteiger partial charge < -0.3 is 5.11 Å². The lowest BCUT2D eigenvalue weighted by atomic mass is 9.98. The van der Waals surface area contributed by atoms with Crippen LogP contribution in [0.3, 0.4) is 0 Å². The first-order chi connectivity index (χ1) is 14.2. The fraction of sp³-hybridized carbons (Fsp3) is 0. The van der Waals surface area contributed by atoms with Gasteiger partial charge in [0.15, 0.2) is 0 Å². The van der Waals surface area contributed by atoms with Crippen molar-refractivity contribution in [2.45, 2.75) is 0 Å². The van der Waals surface area contributed by atoms with E-state index in [9.17, 15) is 9.90 Å². The minimum Gasteiger partial charge on any atom is -0.475 e. The molecule has 0 unspecified atom stereocenters. The normalized spacial score (nSPS) is 11.0. The highest BCUT2D eigenvalue weighted by atomic mass is 16.4. The Morgan fingerprint density at radius 2 is 1.07 bits per heavy atom. The first-order valence-corrected chi connectivity index (χ1v) is 9.29. The monoisotopic (exact) mass is 376 g/mol. The Kier molecular flexibility index (Phi) is 4.03. The summed E-state index contributed by atoms with van der Waals surface area (Å²) in [6.45, 7) is 0. The van der Waals surface area contributed by atoms with Crippen molar-refractivity contribution in [2.24, 2.45) is 0 Å². The van der Waals surface area contributed by atoms with E-state index in [0.717, 1.165) is 32.7 Å². The van der Waals surface area contributed by atoms with Gasteiger partial charge in [0, 0.05) is 11.1 Å². The van der Waals surface area contributed by atoms with E-state index >= 15 is 0 Å². The van der Waals surface area contributed by atoms with E-state index in [2.05, 4.69) is 9.97 Å². The zero-order valence-corrected chi connectivity index (χ0v) is 15.4. The molecular formula is C25H16N2O2. The minimum absolute atomic E-state index is 0.210. The van der Waals surface area contributed by atoms with Crippen molar-refractivity contribution in [1.82, 2.24) is 9.97 Å². The molecule has 0 spiro atoms. The quantitative estimate of drug-likeness (QED) is 0.431. The molecule has 0 aliphatic heterocycles. The molecule has 0 saturated carbocycles. The van der Waals surface area contributed by atoms with Crippen molar-refractivity contribution in [3.63, 3.8) is 0 Å². The number of fused-ring (bicyclic) bond motifs is 2. The van der Waals surface area contributed by atoms with Gasteiger partial charge >= 0.3 is 5.97 Å². The maximum absolute atomic E-state index is 11.8. The predicted octanol–water partition coefficient (Wildman–Crippen LogP) is 5.82. The molecule has 1 heterocycles. The maximum atomic E-state index is 11.8. The first-order valence-electron chi connectivity index (χ1n) is 9.29. The Hall–Kier alpha value is -4.05. The van der Waals surface area contributed by atoms with Crippen molar-refractivity contribution in [3.05, 3.63) is 96.8 Å². The summed E-state index contributed by atoms with van der Waals surface area (Å²) in [6, 6.07) is 29.8. The molecule has 29 heavy (non-hydrogen) atoms. The fourth-order valence-corrected chi connectivity index (χ4v) is 3.72. The molecule has 0 fully saturated rings. The zero-order valence-electron chi connectivity index (χ0n) is 15.4. The highest BCUT2D eigenvalue weighted by Crippen LogP contribution is 2.32. The summed E-state index contributed by atoms with van der Waals surface area (Å²) in [7, 11) is 0.